The molecule has 0 N–H and O–H groups in total. The summed E-state index contributed by atoms with van der Waals surface area (Å²) in [5, 5.41) is 3.62. The Hall–Kier alpha value is -3.44. The molecule has 229 valence electrons. The molecule has 0 unspecified atom stereocenters. The summed E-state index contributed by atoms with van der Waals surface area (Å²) in [6.45, 7) is 20.1. The molecule has 0 spiro atoms. The fourth-order valence-corrected chi connectivity index (χ4v) is 7.04. The third kappa shape index (κ3) is 7.09. The minimum Gasteiger partial charge on any atom is -0.486 e. The number of aryl methyl sites for hydroxylation is 2. The average Bonchev–Trinajstić information content (AvgIpc) is 3.36. The Bertz CT molecular complexity index is 1890. The van der Waals surface area contributed by atoms with Gasteiger partial charge < -0.3 is 14.4 Å². The fraction of sp³-hybridized carbons (Fsp3) is 0.289. The molecule has 4 nitrogen and oxygen atoms in total. The number of fused-ring (bicyclic) bond motifs is 3. The molecule has 2 aromatic carbocycles. The summed E-state index contributed by atoms with van der Waals surface area (Å²) < 4.78 is 6.12. The van der Waals surface area contributed by atoms with Crippen LogP contribution in [0.15, 0.2) is 77.5 Å². The van der Waals surface area contributed by atoms with Crippen LogP contribution in [-0.2, 0) is 20.1 Å². The first-order valence-corrected chi connectivity index (χ1v) is 18.6. The monoisotopic (exact) mass is 776 g/mol. The average molecular weight is 776 g/mol. The number of aromatic nitrogens is 3. The van der Waals surface area contributed by atoms with Gasteiger partial charge in [0.1, 0.15) is 0 Å². The van der Waals surface area contributed by atoms with Gasteiger partial charge in [-0.3, -0.25) is 0 Å². The third-order valence-electron chi connectivity index (χ3n) is 7.81. The van der Waals surface area contributed by atoms with Gasteiger partial charge in [0.15, 0.2) is 0 Å². The maximum absolute atomic E-state index is 6.12. The van der Waals surface area contributed by atoms with E-state index >= 15 is 0 Å². The van der Waals surface area contributed by atoms with Crippen LogP contribution in [0.2, 0.25) is 19.6 Å². The second-order valence-electron chi connectivity index (χ2n) is 12.9. The van der Waals surface area contributed by atoms with Gasteiger partial charge in [-0.15, -0.1) is 53.6 Å². The molecule has 4 heterocycles. The largest absolute Gasteiger partial charge is 0.486 e. The first-order valence-electron chi connectivity index (χ1n) is 15.1. The summed E-state index contributed by atoms with van der Waals surface area (Å²) in [5.41, 5.74) is 10.2. The molecule has 6 rings (SSSR count). The van der Waals surface area contributed by atoms with Crippen LogP contribution in [0.5, 0.6) is 0 Å². The number of nitrogens with zero attached hydrogens (tertiary/aromatic N) is 3. The molecule has 0 bridgehead atoms. The Morgan fingerprint density at radius 1 is 0.841 bits per heavy atom. The molecule has 6 heteroatoms. The van der Waals surface area contributed by atoms with Crippen LogP contribution in [0.25, 0.3) is 44.6 Å². The SMILES string of the molecule is CC(C)c1cc(-c2[c-]cccc2)ncc1[Si](C)(C)C.Cc1ccc2c(n1)oc1c(-c3cc(C(C)C)ccn3)[c-]cc(C)c12.[Ir]. The molecule has 0 aliphatic heterocycles. The van der Waals surface area contributed by atoms with Crippen molar-refractivity contribution in [1.29, 1.82) is 0 Å². The molecule has 0 aliphatic carbocycles. The Morgan fingerprint density at radius 3 is 2.27 bits per heavy atom. The van der Waals surface area contributed by atoms with Gasteiger partial charge in [0.2, 0.25) is 5.71 Å². The predicted octanol–water partition coefficient (Wildman–Crippen LogP) is 9.80. The molecule has 0 saturated carbocycles. The van der Waals surface area contributed by atoms with Crippen molar-refractivity contribution < 1.29 is 24.5 Å². The van der Waals surface area contributed by atoms with Gasteiger partial charge >= 0.3 is 0 Å². The topological polar surface area (TPSA) is 51.8 Å². The maximum Gasteiger partial charge on any atom is 0.216 e. The van der Waals surface area contributed by atoms with Crippen LogP contribution in [-0.4, -0.2) is 23.0 Å². The zero-order chi connectivity index (χ0) is 30.9. The Kier molecular flexibility index (Phi) is 10.4. The van der Waals surface area contributed by atoms with Crippen molar-refractivity contribution >= 4 is 35.3 Å². The summed E-state index contributed by atoms with van der Waals surface area (Å²) in [4.78, 5) is 13.7. The van der Waals surface area contributed by atoms with Crippen LogP contribution >= 0.6 is 0 Å². The molecular formula is C38H41IrN3OSi-2. The van der Waals surface area contributed by atoms with Gasteiger partial charge in [-0.2, -0.15) is 0 Å². The molecule has 4 aromatic heterocycles. The molecule has 44 heavy (non-hydrogen) atoms. The number of pyridine rings is 3. The molecule has 1 radical (unpaired) electrons. The maximum atomic E-state index is 6.12. The van der Waals surface area contributed by atoms with E-state index in [2.05, 4.69) is 118 Å². The van der Waals surface area contributed by atoms with E-state index in [0.29, 0.717) is 17.5 Å². The van der Waals surface area contributed by atoms with Crippen molar-refractivity contribution in [2.75, 3.05) is 0 Å². The van der Waals surface area contributed by atoms with Gasteiger partial charge in [0.25, 0.3) is 0 Å². The predicted molar refractivity (Wildman–Crippen MR) is 183 cm³/mol. The summed E-state index contributed by atoms with van der Waals surface area (Å²) in [7, 11) is -1.34. The molecule has 0 aliphatic rings. The minimum atomic E-state index is -1.34. The first-order chi connectivity index (χ1) is 20.4. The van der Waals surface area contributed by atoms with Gasteiger partial charge in [-0.05, 0) is 53.5 Å². The van der Waals surface area contributed by atoms with Crippen molar-refractivity contribution in [1.82, 2.24) is 15.0 Å². The van der Waals surface area contributed by atoms with E-state index in [-0.39, 0.29) is 20.1 Å². The van der Waals surface area contributed by atoms with Crippen LogP contribution in [0.1, 0.15) is 61.9 Å². The number of hydrogen-bond donors (Lipinski definition) is 0. The van der Waals surface area contributed by atoms with Crippen molar-refractivity contribution in [3.05, 3.63) is 108 Å². The summed E-state index contributed by atoms with van der Waals surface area (Å²) in [6, 6.07) is 27.2. The number of benzene rings is 2. The van der Waals surface area contributed by atoms with Crippen molar-refractivity contribution in [3.8, 4) is 22.5 Å². The van der Waals surface area contributed by atoms with Gasteiger partial charge in [0.05, 0.1) is 13.7 Å². The third-order valence-corrected chi connectivity index (χ3v) is 9.84. The van der Waals surface area contributed by atoms with Crippen LogP contribution < -0.4 is 5.19 Å². The first kappa shape index (κ1) is 33.4. The van der Waals surface area contributed by atoms with Crippen molar-refractivity contribution in [2.45, 2.75) is 73.0 Å². The summed E-state index contributed by atoms with van der Waals surface area (Å²) in [6.07, 6.45) is 3.95. The summed E-state index contributed by atoms with van der Waals surface area (Å²) in [5.74, 6) is 0.986. The van der Waals surface area contributed by atoms with E-state index in [1.54, 1.807) is 0 Å². The van der Waals surface area contributed by atoms with Gasteiger partial charge in [-0.25, -0.2) is 4.98 Å². The van der Waals surface area contributed by atoms with E-state index in [1.807, 2.05) is 43.5 Å². The molecule has 6 aromatic rings. The number of hydrogen-bond acceptors (Lipinski definition) is 4. The Labute approximate surface area is 276 Å². The van der Waals surface area contributed by atoms with E-state index in [0.717, 1.165) is 50.1 Å². The van der Waals surface area contributed by atoms with E-state index in [4.69, 9.17) is 4.42 Å². The minimum absolute atomic E-state index is 0. The van der Waals surface area contributed by atoms with Gasteiger partial charge in [-0.1, -0.05) is 88.5 Å². The van der Waals surface area contributed by atoms with Crippen molar-refractivity contribution in [2.24, 2.45) is 0 Å². The standard InChI is InChI=1S/C21H19N2O.C17H22NSi.Ir/c1-12(2)15-9-10-22-18(11-15)16-7-5-13(3)19-17-8-6-14(4)23-21(17)24-20(16)19;1-13(2)15-11-16(14-9-7-6-8-10-14)18-12-17(15)19(3,4)5;/h5-6,8-12H,1-4H3;6-9,11-13H,1-5H3;/q2*-1;. The van der Waals surface area contributed by atoms with E-state index in [1.165, 1.54) is 16.3 Å². The van der Waals surface area contributed by atoms with Crippen molar-refractivity contribution in [3.63, 3.8) is 0 Å². The second kappa shape index (κ2) is 13.7. The molecular weight excluding hydrogens is 735 g/mol. The Morgan fingerprint density at radius 2 is 1.61 bits per heavy atom. The number of rotatable bonds is 5. The van der Waals surface area contributed by atoms with Crippen LogP contribution in [0, 0.1) is 26.0 Å². The fourth-order valence-electron chi connectivity index (χ4n) is 5.36. The van der Waals surface area contributed by atoms with Crippen LogP contribution in [0.4, 0.5) is 0 Å². The normalized spacial score (nSPS) is 11.5. The molecule has 0 atom stereocenters. The smallest absolute Gasteiger partial charge is 0.216 e. The zero-order valence-corrected chi connectivity index (χ0v) is 30.6. The van der Waals surface area contributed by atoms with E-state index < -0.39 is 8.07 Å². The quantitative estimate of drug-likeness (QED) is 0.129. The molecule has 0 saturated heterocycles. The van der Waals surface area contributed by atoms with Crippen LogP contribution in [0.3, 0.4) is 0 Å². The molecule has 0 amide bonds. The second-order valence-corrected chi connectivity index (χ2v) is 18.0. The summed E-state index contributed by atoms with van der Waals surface area (Å²) >= 11 is 0. The van der Waals surface area contributed by atoms with E-state index in [9.17, 15) is 0 Å². The zero-order valence-electron chi connectivity index (χ0n) is 27.2. The number of furan rings is 1. The Balaban J connectivity index is 0.000000202. The van der Waals surface area contributed by atoms with Gasteiger partial charge in [0, 0.05) is 43.6 Å². The molecule has 0 fully saturated rings.